The number of ether oxygens (including phenoxy) is 1. The zero-order chi connectivity index (χ0) is 12.5. The van der Waals surface area contributed by atoms with Crippen LogP contribution in [0.15, 0.2) is 6.20 Å². The summed E-state index contributed by atoms with van der Waals surface area (Å²) in [4.78, 5) is 11.1. The van der Waals surface area contributed by atoms with Gasteiger partial charge in [-0.05, 0) is 38.8 Å². The molecule has 2 aliphatic rings. The van der Waals surface area contributed by atoms with E-state index in [4.69, 9.17) is 4.74 Å². The van der Waals surface area contributed by atoms with Gasteiger partial charge in [0.05, 0.1) is 17.9 Å². The highest BCUT2D eigenvalue weighted by Gasteiger charge is 2.33. The van der Waals surface area contributed by atoms with E-state index in [1.165, 1.54) is 19.8 Å². The summed E-state index contributed by atoms with van der Waals surface area (Å²) in [7, 11) is 0. The van der Waals surface area contributed by atoms with Gasteiger partial charge < -0.3 is 10.1 Å². The average molecular weight is 249 g/mol. The molecule has 0 unspecified atom stereocenters. The second-order valence-corrected chi connectivity index (χ2v) is 5.19. The fourth-order valence-electron chi connectivity index (χ4n) is 2.68. The maximum absolute atomic E-state index is 11.1. The van der Waals surface area contributed by atoms with Crippen LogP contribution in [0.1, 0.15) is 50.3 Å². The molecule has 0 amide bonds. The fraction of sp³-hybridized carbons (Fsp3) is 0.692. The molecule has 1 aromatic heterocycles. The molecule has 0 atom stereocenters. The molecule has 1 aliphatic carbocycles. The number of piperidine rings is 1. The predicted molar refractivity (Wildman–Crippen MR) is 66.7 cm³/mol. The quantitative estimate of drug-likeness (QED) is 0.827. The molecule has 1 aromatic rings. The molecule has 1 saturated carbocycles. The minimum absolute atomic E-state index is 0.262. The molecule has 0 radical (unpaired) electrons. The molecule has 0 aromatic carbocycles. The first-order valence-electron chi connectivity index (χ1n) is 6.72. The third-order valence-corrected chi connectivity index (χ3v) is 3.67. The first kappa shape index (κ1) is 11.7. The highest BCUT2D eigenvalue weighted by Crippen LogP contribution is 2.45. The monoisotopic (exact) mass is 249 g/mol. The summed E-state index contributed by atoms with van der Waals surface area (Å²) in [5.41, 5.74) is 1.14. The number of nitrogens with zero attached hydrogens (tertiary/aromatic N) is 2. The molecule has 0 spiro atoms. The van der Waals surface area contributed by atoms with Gasteiger partial charge in [-0.3, -0.25) is 9.48 Å². The van der Waals surface area contributed by atoms with E-state index in [1.54, 1.807) is 6.20 Å². The van der Waals surface area contributed by atoms with Gasteiger partial charge in [0.2, 0.25) is 0 Å². The summed E-state index contributed by atoms with van der Waals surface area (Å²) in [6.45, 7) is 3.52. The van der Waals surface area contributed by atoms with E-state index in [-0.39, 0.29) is 5.97 Å². The molecular formula is C13H19N3O2. The van der Waals surface area contributed by atoms with Crippen molar-refractivity contribution in [2.45, 2.75) is 44.6 Å². The van der Waals surface area contributed by atoms with Crippen molar-refractivity contribution in [3.63, 3.8) is 0 Å². The number of rotatable bonds is 3. The third-order valence-electron chi connectivity index (χ3n) is 3.67. The zero-order valence-electron chi connectivity index (χ0n) is 10.7. The van der Waals surface area contributed by atoms with Crippen LogP contribution in [0.5, 0.6) is 5.75 Å². The molecule has 5 nitrogen and oxygen atoms in total. The number of hydrogen-bond donors (Lipinski definition) is 1. The second-order valence-electron chi connectivity index (χ2n) is 5.19. The van der Waals surface area contributed by atoms with Crippen LogP contribution in [0.2, 0.25) is 0 Å². The summed E-state index contributed by atoms with van der Waals surface area (Å²) in [5, 5.41) is 7.83. The Bertz CT molecular complexity index is 445. The summed E-state index contributed by atoms with van der Waals surface area (Å²) >= 11 is 0. The van der Waals surface area contributed by atoms with Crippen LogP contribution in [-0.4, -0.2) is 28.8 Å². The lowest BCUT2D eigenvalue weighted by atomic mass is 10.1. The van der Waals surface area contributed by atoms with Crippen molar-refractivity contribution in [3.05, 3.63) is 11.9 Å². The van der Waals surface area contributed by atoms with Crippen LogP contribution in [0.25, 0.3) is 0 Å². The van der Waals surface area contributed by atoms with Gasteiger partial charge in [-0.2, -0.15) is 5.10 Å². The van der Waals surface area contributed by atoms with Gasteiger partial charge in [0.15, 0.2) is 5.75 Å². The lowest BCUT2D eigenvalue weighted by Crippen LogP contribution is -2.30. The Labute approximate surface area is 107 Å². The molecule has 1 aliphatic heterocycles. The molecule has 1 saturated heterocycles. The minimum atomic E-state index is -0.262. The molecule has 18 heavy (non-hydrogen) atoms. The Morgan fingerprint density at radius 1 is 1.39 bits per heavy atom. The number of carbonyl (C=O) groups excluding carboxylic acids is 1. The smallest absolute Gasteiger partial charge is 0.308 e. The van der Waals surface area contributed by atoms with Crippen molar-refractivity contribution < 1.29 is 9.53 Å². The summed E-state index contributed by atoms with van der Waals surface area (Å²) in [6.07, 6.45) is 6.27. The van der Waals surface area contributed by atoms with Gasteiger partial charge >= 0.3 is 5.97 Å². The van der Waals surface area contributed by atoms with Crippen molar-refractivity contribution in [2.75, 3.05) is 13.1 Å². The average Bonchev–Trinajstić information content (AvgIpc) is 3.12. The van der Waals surface area contributed by atoms with E-state index in [2.05, 4.69) is 15.1 Å². The van der Waals surface area contributed by atoms with Crippen LogP contribution < -0.4 is 10.1 Å². The van der Waals surface area contributed by atoms with E-state index in [1.807, 2.05) is 0 Å². The molecule has 98 valence electrons. The molecule has 0 bridgehead atoms. The number of carbonyl (C=O) groups is 1. The van der Waals surface area contributed by atoms with E-state index < -0.39 is 0 Å². The lowest BCUT2D eigenvalue weighted by Gasteiger charge is -2.24. The summed E-state index contributed by atoms with van der Waals surface area (Å²) < 4.78 is 7.39. The first-order chi connectivity index (χ1) is 8.75. The molecule has 1 N–H and O–H groups in total. The van der Waals surface area contributed by atoms with Gasteiger partial charge in [-0.15, -0.1) is 0 Å². The third kappa shape index (κ3) is 2.27. The zero-order valence-corrected chi connectivity index (χ0v) is 10.7. The van der Waals surface area contributed by atoms with Crippen molar-refractivity contribution >= 4 is 5.97 Å². The summed E-state index contributed by atoms with van der Waals surface area (Å²) in [6, 6.07) is 0.450. The Morgan fingerprint density at radius 2 is 2.11 bits per heavy atom. The van der Waals surface area contributed by atoms with Crippen molar-refractivity contribution in [1.29, 1.82) is 0 Å². The fourth-order valence-corrected chi connectivity index (χ4v) is 2.68. The maximum atomic E-state index is 11.1. The predicted octanol–water partition coefficient (Wildman–Crippen LogP) is 1.61. The van der Waals surface area contributed by atoms with Gasteiger partial charge in [0.25, 0.3) is 0 Å². The van der Waals surface area contributed by atoms with Crippen molar-refractivity contribution in [2.24, 2.45) is 0 Å². The number of aromatic nitrogens is 2. The van der Waals surface area contributed by atoms with Gasteiger partial charge in [-0.1, -0.05) is 0 Å². The normalized spacial score (nSPS) is 20.9. The largest absolute Gasteiger partial charge is 0.423 e. The van der Waals surface area contributed by atoms with Gasteiger partial charge in [-0.25, -0.2) is 0 Å². The number of hydrogen-bond acceptors (Lipinski definition) is 4. The van der Waals surface area contributed by atoms with E-state index in [0.29, 0.717) is 17.7 Å². The van der Waals surface area contributed by atoms with Crippen molar-refractivity contribution in [1.82, 2.24) is 15.1 Å². The Balaban J connectivity index is 1.88. The Morgan fingerprint density at radius 3 is 2.72 bits per heavy atom. The SMILES string of the molecule is CC(=O)Oc1cnn(C2CCNCC2)c1C1CC1. The lowest BCUT2D eigenvalue weighted by molar-refractivity contribution is -0.131. The number of esters is 1. The van der Waals surface area contributed by atoms with E-state index in [9.17, 15) is 4.79 Å². The van der Waals surface area contributed by atoms with E-state index in [0.717, 1.165) is 31.6 Å². The summed E-state index contributed by atoms with van der Waals surface area (Å²) in [5.74, 6) is 0.946. The highest BCUT2D eigenvalue weighted by molar-refractivity contribution is 5.69. The van der Waals surface area contributed by atoms with Gasteiger partial charge in [0, 0.05) is 12.8 Å². The van der Waals surface area contributed by atoms with Gasteiger partial charge in [0.1, 0.15) is 0 Å². The van der Waals surface area contributed by atoms with Crippen LogP contribution in [0.3, 0.4) is 0 Å². The van der Waals surface area contributed by atoms with Crippen LogP contribution >= 0.6 is 0 Å². The molecular weight excluding hydrogens is 230 g/mol. The highest BCUT2D eigenvalue weighted by atomic mass is 16.5. The number of nitrogens with one attached hydrogen (secondary N) is 1. The van der Waals surface area contributed by atoms with E-state index >= 15 is 0 Å². The first-order valence-corrected chi connectivity index (χ1v) is 6.72. The topological polar surface area (TPSA) is 56.1 Å². The standard InChI is InChI=1S/C13H19N3O2/c1-9(17)18-12-8-15-16(13(12)10-2-3-10)11-4-6-14-7-5-11/h8,10-11,14H,2-7H2,1H3. The Kier molecular flexibility index (Phi) is 3.07. The molecule has 3 rings (SSSR count). The van der Waals surface area contributed by atoms with Crippen molar-refractivity contribution in [3.8, 4) is 5.75 Å². The molecule has 2 fully saturated rings. The Hall–Kier alpha value is -1.36. The molecule has 2 heterocycles. The maximum Gasteiger partial charge on any atom is 0.308 e. The van der Waals surface area contributed by atoms with Crippen LogP contribution in [-0.2, 0) is 4.79 Å². The molecule has 5 heteroatoms. The van der Waals surface area contributed by atoms with Crippen LogP contribution in [0.4, 0.5) is 0 Å². The van der Waals surface area contributed by atoms with Crippen LogP contribution in [0, 0.1) is 0 Å². The second kappa shape index (κ2) is 4.72. The minimum Gasteiger partial charge on any atom is -0.423 e.